The van der Waals surface area contributed by atoms with E-state index in [0.29, 0.717) is 47.6 Å². The number of para-hydroxylation sites is 1. The molecule has 12 heteroatoms. The first-order valence-electron chi connectivity index (χ1n) is 13.2. The molecular formula is C32H24Cl2N4O4S2. The lowest BCUT2D eigenvalue weighted by Crippen LogP contribution is -2.28. The number of carbonyl (C=O) groups is 2. The summed E-state index contributed by atoms with van der Waals surface area (Å²) in [5, 5.41) is 16.2. The second-order valence-electron chi connectivity index (χ2n) is 9.70. The van der Waals surface area contributed by atoms with Crippen molar-refractivity contribution in [2.75, 3.05) is 16.0 Å². The Bertz CT molecular complexity index is 1850. The number of halogens is 2. The number of nitro groups is 1. The number of rotatable bonds is 8. The third-order valence-corrected chi connectivity index (χ3v) is 9.34. The molecule has 0 bridgehead atoms. The summed E-state index contributed by atoms with van der Waals surface area (Å²) in [5.41, 5.74) is 3.78. The average molecular weight is 664 g/mol. The van der Waals surface area contributed by atoms with Crippen molar-refractivity contribution in [3.63, 3.8) is 0 Å². The van der Waals surface area contributed by atoms with Crippen molar-refractivity contribution in [3.8, 4) is 0 Å². The summed E-state index contributed by atoms with van der Waals surface area (Å²) in [7, 11) is 0. The quantitative estimate of drug-likeness (QED) is 0.0873. The molecule has 1 aliphatic rings. The fourth-order valence-corrected chi connectivity index (χ4v) is 6.32. The Hall–Kier alpha value is -4.09. The van der Waals surface area contributed by atoms with Gasteiger partial charge in [-0.15, -0.1) is 11.8 Å². The number of amidine groups is 1. The molecule has 1 N–H and O–H groups in total. The third kappa shape index (κ3) is 7.34. The van der Waals surface area contributed by atoms with Crippen molar-refractivity contribution in [2.45, 2.75) is 18.7 Å². The van der Waals surface area contributed by atoms with Gasteiger partial charge in [0.25, 0.3) is 11.6 Å². The Morgan fingerprint density at radius 1 is 1.00 bits per heavy atom. The van der Waals surface area contributed by atoms with Crippen LogP contribution in [0.25, 0.3) is 6.08 Å². The number of hydrogen-bond donors (Lipinski definition) is 1. The number of carbonyl (C=O) groups excluding carboxylic acids is 2. The number of amides is 2. The first-order valence-corrected chi connectivity index (χ1v) is 15.8. The van der Waals surface area contributed by atoms with Gasteiger partial charge < -0.3 is 5.32 Å². The maximum absolute atomic E-state index is 13.7. The van der Waals surface area contributed by atoms with Crippen molar-refractivity contribution >= 4 is 92.5 Å². The zero-order valence-corrected chi connectivity index (χ0v) is 26.6. The highest BCUT2D eigenvalue weighted by Gasteiger charge is 2.35. The van der Waals surface area contributed by atoms with Gasteiger partial charge in [0.05, 0.1) is 31.9 Å². The number of nitro benzene ring substituents is 1. The molecule has 0 atom stereocenters. The monoisotopic (exact) mass is 662 g/mol. The molecule has 0 aromatic heterocycles. The smallest absolute Gasteiger partial charge is 0.283 e. The molecule has 1 aliphatic heterocycles. The van der Waals surface area contributed by atoms with Crippen LogP contribution >= 0.6 is 46.7 Å². The molecule has 44 heavy (non-hydrogen) atoms. The molecule has 0 radical (unpaired) electrons. The standard InChI is InChI=1S/C32H24Cl2N4O4S2/c1-19-8-11-23(16-25(19)33)36-32-37(24-12-9-20(2)26(34)17-24)31(40)29(44-32)15-21-10-13-28(27(14-21)38(41)42)43-18-30(39)35-22-6-4-3-5-7-22/h3-17H,18H2,1-2H3,(H,35,39)/b29-15-,36-32?. The summed E-state index contributed by atoms with van der Waals surface area (Å²) >= 11 is 14.9. The van der Waals surface area contributed by atoms with Gasteiger partial charge in [-0.3, -0.25) is 24.6 Å². The second kappa shape index (κ2) is 13.7. The van der Waals surface area contributed by atoms with Gasteiger partial charge in [-0.25, -0.2) is 4.99 Å². The van der Waals surface area contributed by atoms with Gasteiger partial charge in [-0.1, -0.05) is 59.6 Å². The lowest BCUT2D eigenvalue weighted by molar-refractivity contribution is -0.387. The molecule has 0 spiro atoms. The van der Waals surface area contributed by atoms with Crippen LogP contribution in [0.4, 0.5) is 22.7 Å². The highest BCUT2D eigenvalue weighted by molar-refractivity contribution is 8.19. The van der Waals surface area contributed by atoms with Crippen LogP contribution in [0, 0.1) is 24.0 Å². The number of nitrogens with one attached hydrogen (secondary N) is 1. The van der Waals surface area contributed by atoms with E-state index >= 15 is 0 Å². The molecule has 222 valence electrons. The van der Waals surface area contributed by atoms with Gasteiger partial charge in [0, 0.05) is 21.8 Å². The summed E-state index contributed by atoms with van der Waals surface area (Å²) in [5.74, 6) is -0.653. The highest BCUT2D eigenvalue weighted by Crippen LogP contribution is 2.40. The van der Waals surface area contributed by atoms with Gasteiger partial charge in [0.15, 0.2) is 5.17 Å². The van der Waals surface area contributed by atoms with Crippen LogP contribution in [0.2, 0.25) is 10.0 Å². The summed E-state index contributed by atoms with van der Waals surface area (Å²) in [4.78, 5) is 44.4. The molecule has 5 rings (SSSR count). The van der Waals surface area contributed by atoms with Crippen LogP contribution in [0.5, 0.6) is 0 Å². The van der Waals surface area contributed by atoms with E-state index in [2.05, 4.69) is 5.32 Å². The van der Waals surface area contributed by atoms with Crippen LogP contribution in [-0.2, 0) is 9.59 Å². The molecular weight excluding hydrogens is 639 g/mol. The number of anilines is 2. The molecule has 0 unspecified atom stereocenters. The molecule has 1 heterocycles. The Kier molecular flexibility index (Phi) is 9.75. The van der Waals surface area contributed by atoms with Gasteiger partial charge in [0.1, 0.15) is 0 Å². The Morgan fingerprint density at radius 2 is 1.70 bits per heavy atom. The van der Waals surface area contributed by atoms with Crippen LogP contribution in [-0.4, -0.2) is 27.7 Å². The Balaban J connectivity index is 1.44. The molecule has 0 aliphatic carbocycles. The normalized spacial score (nSPS) is 14.8. The Morgan fingerprint density at radius 3 is 2.39 bits per heavy atom. The minimum absolute atomic E-state index is 0.0125. The van der Waals surface area contributed by atoms with Crippen LogP contribution in [0.15, 0.2) is 99.7 Å². The van der Waals surface area contributed by atoms with Crippen molar-refractivity contribution in [2.24, 2.45) is 4.99 Å². The van der Waals surface area contributed by atoms with Gasteiger partial charge >= 0.3 is 0 Å². The van der Waals surface area contributed by atoms with E-state index in [0.717, 1.165) is 34.7 Å². The molecule has 1 saturated heterocycles. The van der Waals surface area contributed by atoms with Gasteiger partial charge in [-0.05, 0) is 90.8 Å². The highest BCUT2D eigenvalue weighted by atomic mass is 35.5. The average Bonchev–Trinajstić information content (AvgIpc) is 3.29. The third-order valence-electron chi connectivity index (χ3n) is 6.49. The van der Waals surface area contributed by atoms with E-state index in [-0.39, 0.29) is 23.3 Å². The largest absolute Gasteiger partial charge is 0.325 e. The van der Waals surface area contributed by atoms with Gasteiger partial charge in [-0.2, -0.15) is 0 Å². The van der Waals surface area contributed by atoms with E-state index in [1.165, 1.54) is 11.0 Å². The topological polar surface area (TPSA) is 105 Å². The van der Waals surface area contributed by atoms with Crippen molar-refractivity contribution < 1.29 is 14.5 Å². The summed E-state index contributed by atoms with van der Waals surface area (Å²) < 4.78 is 0. The summed E-state index contributed by atoms with van der Waals surface area (Å²) in [6.07, 6.45) is 1.59. The molecule has 1 fully saturated rings. The minimum atomic E-state index is -0.502. The fraction of sp³-hybridized carbons (Fsp3) is 0.0938. The van der Waals surface area contributed by atoms with E-state index in [9.17, 15) is 19.7 Å². The maximum Gasteiger partial charge on any atom is 0.283 e. The van der Waals surface area contributed by atoms with Gasteiger partial charge in [0.2, 0.25) is 5.91 Å². The number of thioether (sulfide) groups is 2. The second-order valence-corrected chi connectivity index (χ2v) is 12.5. The molecule has 4 aromatic carbocycles. The molecule has 4 aromatic rings. The number of aryl methyl sites for hydroxylation is 2. The zero-order valence-electron chi connectivity index (χ0n) is 23.4. The first-order chi connectivity index (χ1) is 21.1. The fourth-order valence-electron chi connectivity index (χ4n) is 4.16. The minimum Gasteiger partial charge on any atom is -0.325 e. The van der Waals surface area contributed by atoms with Crippen LogP contribution in [0.3, 0.4) is 0 Å². The predicted octanol–water partition coefficient (Wildman–Crippen LogP) is 9.06. The number of aliphatic imine (C=N–C) groups is 1. The number of hydrogen-bond acceptors (Lipinski definition) is 7. The summed E-state index contributed by atoms with van der Waals surface area (Å²) in [6, 6.07) is 24.3. The SMILES string of the molecule is Cc1ccc(N=C2S/C(=C\c3ccc(SCC(=O)Nc4ccccc4)c([N+](=O)[O-])c3)C(=O)N2c2ccc(C)c(Cl)c2)cc1Cl. The molecule has 8 nitrogen and oxygen atoms in total. The van der Waals surface area contributed by atoms with E-state index in [4.69, 9.17) is 28.2 Å². The number of nitrogens with zero attached hydrogens (tertiary/aromatic N) is 3. The van der Waals surface area contributed by atoms with Crippen molar-refractivity contribution in [1.82, 2.24) is 0 Å². The van der Waals surface area contributed by atoms with Crippen molar-refractivity contribution in [3.05, 3.63) is 127 Å². The molecule has 0 saturated carbocycles. The lowest BCUT2D eigenvalue weighted by atomic mass is 10.1. The van der Waals surface area contributed by atoms with Crippen LogP contribution < -0.4 is 10.2 Å². The maximum atomic E-state index is 13.7. The first kappa shape index (κ1) is 31.3. The van der Waals surface area contributed by atoms with E-state index in [1.807, 2.05) is 32.0 Å². The van der Waals surface area contributed by atoms with E-state index < -0.39 is 4.92 Å². The predicted molar refractivity (Wildman–Crippen MR) is 181 cm³/mol. The molecule has 2 amide bonds. The van der Waals surface area contributed by atoms with E-state index in [1.54, 1.807) is 66.7 Å². The lowest BCUT2D eigenvalue weighted by Gasteiger charge is -2.16. The van der Waals surface area contributed by atoms with Crippen molar-refractivity contribution in [1.29, 1.82) is 0 Å². The Labute approximate surface area is 272 Å². The summed E-state index contributed by atoms with van der Waals surface area (Å²) in [6.45, 7) is 3.75. The van der Waals surface area contributed by atoms with Crippen LogP contribution in [0.1, 0.15) is 16.7 Å². The number of benzene rings is 4. The zero-order chi connectivity index (χ0) is 31.4.